The molecule has 20 heavy (non-hydrogen) atoms. The van der Waals surface area contributed by atoms with Gasteiger partial charge in [-0.05, 0) is 46.3 Å². The van der Waals surface area contributed by atoms with Crippen molar-refractivity contribution in [2.45, 2.75) is 5.88 Å². The Kier molecular flexibility index (Phi) is 3.71. The van der Waals surface area contributed by atoms with Gasteiger partial charge in [0.25, 0.3) is 0 Å². The maximum atomic E-state index is 13.8. The van der Waals surface area contributed by atoms with E-state index in [1.807, 2.05) is 16.7 Å². The second-order valence-corrected chi connectivity index (χ2v) is 5.79. The van der Waals surface area contributed by atoms with E-state index in [-0.39, 0.29) is 11.7 Å². The molecule has 3 aromatic rings. The molecule has 0 saturated heterocycles. The topological polar surface area (TPSA) is 17.8 Å². The van der Waals surface area contributed by atoms with Gasteiger partial charge < -0.3 is 0 Å². The van der Waals surface area contributed by atoms with Crippen LogP contribution < -0.4 is 0 Å². The summed E-state index contributed by atoms with van der Waals surface area (Å²) in [5.74, 6) is 0.548. The Morgan fingerprint density at radius 1 is 1.20 bits per heavy atom. The van der Waals surface area contributed by atoms with Gasteiger partial charge in [0, 0.05) is 16.8 Å². The highest BCUT2D eigenvalue weighted by molar-refractivity contribution is 9.10. The van der Waals surface area contributed by atoms with Crippen molar-refractivity contribution in [2.75, 3.05) is 0 Å². The molecule has 2 nitrogen and oxygen atoms in total. The molecule has 0 aliphatic rings. The molecule has 0 amide bonds. The number of fused-ring (bicyclic) bond motifs is 1. The number of halogens is 4. The van der Waals surface area contributed by atoms with E-state index in [1.165, 1.54) is 6.07 Å². The Hall–Kier alpha value is -1.10. The highest BCUT2D eigenvalue weighted by atomic mass is 79.9. The lowest BCUT2D eigenvalue weighted by molar-refractivity contribution is 0.622. The summed E-state index contributed by atoms with van der Waals surface area (Å²) in [6, 6.07) is 10.3. The maximum Gasteiger partial charge on any atom is 0.139 e. The Morgan fingerprint density at radius 3 is 2.55 bits per heavy atom. The summed E-state index contributed by atoms with van der Waals surface area (Å²) in [5.41, 5.74) is 2.20. The summed E-state index contributed by atoms with van der Waals surface area (Å²) >= 11 is 15.0. The fourth-order valence-corrected chi connectivity index (χ4v) is 2.73. The van der Waals surface area contributed by atoms with Crippen LogP contribution in [0.25, 0.3) is 16.7 Å². The normalized spacial score (nSPS) is 11.2. The second kappa shape index (κ2) is 5.35. The molecule has 1 heterocycles. The number of rotatable bonds is 2. The standard InChI is InChI=1S/C14H8BrCl2FN2/c15-10-5-12-13(6-11(10)18)20(14(7-16)19-12)9-3-1-8(17)2-4-9/h1-6H,7H2. The average Bonchev–Trinajstić information content (AvgIpc) is 2.78. The zero-order valence-corrected chi connectivity index (χ0v) is 13.2. The van der Waals surface area contributed by atoms with E-state index in [0.717, 1.165) is 5.69 Å². The first-order chi connectivity index (χ1) is 9.60. The van der Waals surface area contributed by atoms with Crippen LogP contribution in [0.2, 0.25) is 5.02 Å². The third kappa shape index (κ3) is 2.32. The van der Waals surface area contributed by atoms with E-state index in [4.69, 9.17) is 23.2 Å². The van der Waals surface area contributed by atoms with Gasteiger partial charge in [-0.3, -0.25) is 4.57 Å². The lowest BCUT2D eigenvalue weighted by atomic mass is 10.2. The van der Waals surface area contributed by atoms with Gasteiger partial charge >= 0.3 is 0 Å². The molecule has 2 aromatic carbocycles. The zero-order valence-electron chi connectivity index (χ0n) is 10.1. The fraction of sp³-hybridized carbons (Fsp3) is 0.0714. The molecule has 0 radical (unpaired) electrons. The molecule has 0 spiro atoms. The van der Waals surface area contributed by atoms with E-state index in [1.54, 1.807) is 18.2 Å². The number of hydrogen-bond acceptors (Lipinski definition) is 1. The van der Waals surface area contributed by atoms with Crippen LogP contribution in [0.15, 0.2) is 40.9 Å². The number of imidazole rings is 1. The molecule has 0 unspecified atom stereocenters. The van der Waals surface area contributed by atoms with Gasteiger partial charge in [-0.1, -0.05) is 11.6 Å². The zero-order chi connectivity index (χ0) is 14.3. The van der Waals surface area contributed by atoms with Crippen LogP contribution in [-0.4, -0.2) is 9.55 Å². The van der Waals surface area contributed by atoms with Crippen LogP contribution in [0, 0.1) is 5.82 Å². The van der Waals surface area contributed by atoms with Crippen molar-refractivity contribution in [3.63, 3.8) is 0 Å². The highest BCUT2D eigenvalue weighted by Gasteiger charge is 2.14. The monoisotopic (exact) mass is 372 g/mol. The van der Waals surface area contributed by atoms with E-state index in [0.29, 0.717) is 26.4 Å². The number of alkyl halides is 1. The minimum absolute atomic E-state index is 0.233. The third-order valence-corrected chi connectivity index (χ3v) is 4.07. The Bertz CT molecular complexity index is 784. The van der Waals surface area contributed by atoms with E-state index in [9.17, 15) is 4.39 Å². The summed E-state index contributed by atoms with van der Waals surface area (Å²) in [7, 11) is 0. The predicted octanol–water partition coefficient (Wildman–Crippen LogP) is 5.32. The van der Waals surface area contributed by atoms with Crippen LogP contribution in [0.4, 0.5) is 4.39 Å². The number of hydrogen-bond donors (Lipinski definition) is 0. The van der Waals surface area contributed by atoms with Crippen molar-refractivity contribution in [1.29, 1.82) is 0 Å². The van der Waals surface area contributed by atoms with Gasteiger partial charge in [0.05, 0.1) is 21.4 Å². The van der Waals surface area contributed by atoms with Gasteiger partial charge in [0.2, 0.25) is 0 Å². The van der Waals surface area contributed by atoms with Crippen molar-refractivity contribution in [3.05, 3.63) is 57.5 Å². The molecule has 3 rings (SSSR count). The fourth-order valence-electron chi connectivity index (χ4n) is 2.09. The molecule has 102 valence electrons. The minimum Gasteiger partial charge on any atom is -0.295 e. The van der Waals surface area contributed by atoms with Crippen LogP contribution in [0.1, 0.15) is 5.82 Å². The van der Waals surface area contributed by atoms with E-state index >= 15 is 0 Å². The quantitative estimate of drug-likeness (QED) is 0.556. The van der Waals surface area contributed by atoms with Crippen LogP contribution in [0.5, 0.6) is 0 Å². The van der Waals surface area contributed by atoms with Crippen molar-refractivity contribution in [1.82, 2.24) is 9.55 Å². The van der Waals surface area contributed by atoms with E-state index < -0.39 is 0 Å². The SMILES string of the molecule is Fc1cc2c(cc1Br)nc(CCl)n2-c1ccc(Cl)cc1. The van der Waals surface area contributed by atoms with Crippen molar-refractivity contribution in [2.24, 2.45) is 0 Å². The Balaban J connectivity index is 2.32. The highest BCUT2D eigenvalue weighted by Crippen LogP contribution is 2.28. The lowest BCUT2D eigenvalue weighted by Crippen LogP contribution is -1.99. The predicted molar refractivity (Wildman–Crippen MR) is 83.3 cm³/mol. The molecule has 0 fully saturated rings. The summed E-state index contributed by atoms with van der Waals surface area (Å²) in [4.78, 5) is 4.43. The number of nitrogens with zero attached hydrogens (tertiary/aromatic N) is 2. The van der Waals surface area contributed by atoms with Crippen LogP contribution >= 0.6 is 39.1 Å². The van der Waals surface area contributed by atoms with Gasteiger partial charge in [0.15, 0.2) is 0 Å². The molecule has 6 heteroatoms. The second-order valence-electron chi connectivity index (χ2n) is 4.23. The smallest absolute Gasteiger partial charge is 0.139 e. The van der Waals surface area contributed by atoms with Crippen LogP contribution in [-0.2, 0) is 5.88 Å². The Labute approximate surface area is 133 Å². The summed E-state index contributed by atoms with van der Waals surface area (Å²) in [6.07, 6.45) is 0. The first kappa shape index (κ1) is 13.9. The largest absolute Gasteiger partial charge is 0.295 e. The average molecular weight is 374 g/mol. The third-order valence-electron chi connectivity index (χ3n) is 2.97. The summed E-state index contributed by atoms with van der Waals surface area (Å²) < 4.78 is 16.0. The summed E-state index contributed by atoms with van der Waals surface area (Å²) in [5, 5.41) is 0.638. The summed E-state index contributed by atoms with van der Waals surface area (Å²) in [6.45, 7) is 0. The van der Waals surface area contributed by atoms with Crippen molar-refractivity contribution >= 4 is 50.2 Å². The van der Waals surface area contributed by atoms with Crippen molar-refractivity contribution < 1.29 is 4.39 Å². The molecular formula is C14H8BrCl2FN2. The van der Waals surface area contributed by atoms with E-state index in [2.05, 4.69) is 20.9 Å². The molecule has 0 aliphatic carbocycles. The van der Waals surface area contributed by atoms with Crippen LogP contribution in [0.3, 0.4) is 0 Å². The minimum atomic E-state index is -0.339. The van der Waals surface area contributed by atoms with Gasteiger partial charge in [-0.25, -0.2) is 9.37 Å². The van der Waals surface area contributed by atoms with Gasteiger partial charge in [-0.15, -0.1) is 11.6 Å². The first-order valence-electron chi connectivity index (χ1n) is 5.78. The van der Waals surface area contributed by atoms with Gasteiger partial charge in [0.1, 0.15) is 11.6 Å². The molecule has 1 aromatic heterocycles. The maximum absolute atomic E-state index is 13.8. The first-order valence-corrected chi connectivity index (χ1v) is 7.49. The van der Waals surface area contributed by atoms with Gasteiger partial charge in [-0.2, -0.15) is 0 Å². The molecular weight excluding hydrogens is 366 g/mol. The van der Waals surface area contributed by atoms with Crippen molar-refractivity contribution in [3.8, 4) is 5.69 Å². The molecule has 0 aliphatic heterocycles. The molecule has 0 saturated carbocycles. The number of aromatic nitrogens is 2. The number of benzene rings is 2. The lowest BCUT2D eigenvalue weighted by Gasteiger charge is -2.08. The Morgan fingerprint density at radius 2 is 1.90 bits per heavy atom. The molecule has 0 N–H and O–H groups in total. The molecule has 0 bridgehead atoms. The molecule has 0 atom stereocenters.